The van der Waals surface area contributed by atoms with Crippen LogP contribution in [0.4, 0.5) is 4.79 Å². The number of rotatable bonds is 3. The molecule has 1 aromatic heterocycles. The van der Waals surface area contributed by atoms with Crippen LogP contribution in [0.2, 0.25) is 0 Å². The summed E-state index contributed by atoms with van der Waals surface area (Å²) in [6, 6.07) is 6.30. The second-order valence-corrected chi connectivity index (χ2v) is 6.61. The quantitative estimate of drug-likeness (QED) is 0.858. The summed E-state index contributed by atoms with van der Waals surface area (Å²) in [6.45, 7) is 7.96. The number of aromatic nitrogens is 1. The molecule has 0 radical (unpaired) electrons. The number of carbonyl (C=O) groups excluding carboxylic acids is 1. The number of likely N-dealkylation sites (N-methyl/N-ethyl adjacent to an activating group) is 1. The van der Waals surface area contributed by atoms with Gasteiger partial charge in [-0.1, -0.05) is 6.07 Å². The first-order valence-electron chi connectivity index (χ1n) is 7.43. The molecule has 0 saturated carbocycles. The van der Waals surface area contributed by atoms with Gasteiger partial charge in [-0.3, -0.25) is 9.88 Å². The number of pyridine rings is 1. The summed E-state index contributed by atoms with van der Waals surface area (Å²) in [5.74, 6) is 0. The Morgan fingerprint density at radius 2 is 2.24 bits per heavy atom. The third-order valence-electron chi connectivity index (χ3n) is 3.58. The highest BCUT2D eigenvalue weighted by atomic mass is 16.6. The molecule has 2 heterocycles. The molecule has 1 aromatic rings. The van der Waals surface area contributed by atoms with Gasteiger partial charge < -0.3 is 9.64 Å². The number of hydrogen-bond donors (Lipinski definition) is 0. The van der Waals surface area contributed by atoms with E-state index in [2.05, 4.69) is 16.9 Å². The van der Waals surface area contributed by atoms with E-state index in [0.717, 1.165) is 31.7 Å². The standard InChI is InChI=1S/C16H25N3O2/c1-16(2,3)21-15(20)19-10-8-14(12-19)18(4)11-13-7-5-6-9-17-13/h5-7,9,14H,8,10-12H2,1-4H3/t14-/m0/s1. The zero-order valence-corrected chi connectivity index (χ0v) is 13.4. The van der Waals surface area contributed by atoms with Crippen molar-refractivity contribution in [2.45, 2.75) is 45.4 Å². The molecule has 0 N–H and O–H groups in total. The monoisotopic (exact) mass is 291 g/mol. The third kappa shape index (κ3) is 4.70. The molecule has 116 valence electrons. The maximum atomic E-state index is 12.1. The molecule has 1 fully saturated rings. The van der Waals surface area contributed by atoms with Crippen molar-refractivity contribution in [3.05, 3.63) is 30.1 Å². The molecule has 1 atom stereocenters. The van der Waals surface area contributed by atoms with E-state index in [1.807, 2.05) is 45.2 Å². The topological polar surface area (TPSA) is 45.7 Å². The van der Waals surface area contributed by atoms with Crippen LogP contribution >= 0.6 is 0 Å². The largest absolute Gasteiger partial charge is 0.444 e. The number of hydrogen-bond acceptors (Lipinski definition) is 4. The number of nitrogens with zero attached hydrogens (tertiary/aromatic N) is 3. The highest BCUT2D eigenvalue weighted by molar-refractivity contribution is 5.68. The first-order valence-corrected chi connectivity index (χ1v) is 7.43. The molecule has 0 unspecified atom stereocenters. The van der Waals surface area contributed by atoms with Gasteiger partial charge in [0.15, 0.2) is 0 Å². The van der Waals surface area contributed by atoms with E-state index in [9.17, 15) is 4.79 Å². The normalized spacial score (nSPS) is 19.1. The van der Waals surface area contributed by atoms with E-state index in [1.54, 1.807) is 4.90 Å². The molecule has 21 heavy (non-hydrogen) atoms. The van der Waals surface area contributed by atoms with Crippen LogP contribution in [0.25, 0.3) is 0 Å². The van der Waals surface area contributed by atoms with Crippen molar-refractivity contribution < 1.29 is 9.53 Å². The van der Waals surface area contributed by atoms with Gasteiger partial charge in [0.25, 0.3) is 0 Å². The molecule has 1 aliphatic heterocycles. The Labute approximate surface area is 126 Å². The smallest absolute Gasteiger partial charge is 0.410 e. The second kappa shape index (κ2) is 6.43. The SMILES string of the molecule is CN(Cc1ccccn1)[C@H]1CCN(C(=O)OC(C)(C)C)C1. The summed E-state index contributed by atoms with van der Waals surface area (Å²) >= 11 is 0. The van der Waals surface area contributed by atoms with Crippen molar-refractivity contribution in [1.29, 1.82) is 0 Å². The first-order chi connectivity index (χ1) is 9.85. The van der Waals surface area contributed by atoms with E-state index in [0.29, 0.717) is 6.04 Å². The van der Waals surface area contributed by atoms with E-state index in [4.69, 9.17) is 4.74 Å². The zero-order valence-electron chi connectivity index (χ0n) is 13.4. The van der Waals surface area contributed by atoms with Gasteiger partial charge in [-0.15, -0.1) is 0 Å². The van der Waals surface area contributed by atoms with Crippen LogP contribution < -0.4 is 0 Å². The summed E-state index contributed by atoms with van der Waals surface area (Å²) in [4.78, 5) is 20.5. The molecule has 0 aromatic carbocycles. The highest BCUT2D eigenvalue weighted by Gasteiger charge is 2.31. The van der Waals surface area contributed by atoms with Gasteiger partial charge in [0, 0.05) is 31.9 Å². The fourth-order valence-electron chi connectivity index (χ4n) is 2.47. The fourth-order valence-corrected chi connectivity index (χ4v) is 2.47. The van der Waals surface area contributed by atoms with Gasteiger partial charge in [-0.2, -0.15) is 0 Å². The Morgan fingerprint density at radius 3 is 2.86 bits per heavy atom. The van der Waals surface area contributed by atoms with Crippen LogP contribution in [-0.2, 0) is 11.3 Å². The fraction of sp³-hybridized carbons (Fsp3) is 0.625. The molecule has 1 amide bonds. The van der Waals surface area contributed by atoms with Crippen LogP contribution in [0.15, 0.2) is 24.4 Å². The number of ether oxygens (including phenoxy) is 1. The predicted octanol–water partition coefficient (Wildman–Crippen LogP) is 2.52. The van der Waals surface area contributed by atoms with Crippen LogP contribution in [-0.4, -0.2) is 52.7 Å². The second-order valence-electron chi connectivity index (χ2n) is 6.61. The van der Waals surface area contributed by atoms with Crippen molar-refractivity contribution in [2.75, 3.05) is 20.1 Å². The molecule has 1 aliphatic rings. The van der Waals surface area contributed by atoms with Crippen molar-refractivity contribution in [1.82, 2.24) is 14.8 Å². The first kappa shape index (κ1) is 15.8. The van der Waals surface area contributed by atoms with Gasteiger partial charge in [0.1, 0.15) is 5.60 Å². The molecule has 1 saturated heterocycles. The van der Waals surface area contributed by atoms with E-state index < -0.39 is 5.60 Å². The van der Waals surface area contributed by atoms with E-state index in [-0.39, 0.29) is 6.09 Å². The zero-order chi connectivity index (χ0) is 15.5. The van der Waals surface area contributed by atoms with Crippen molar-refractivity contribution in [3.63, 3.8) is 0 Å². The van der Waals surface area contributed by atoms with Crippen molar-refractivity contribution >= 4 is 6.09 Å². The Balaban J connectivity index is 1.86. The lowest BCUT2D eigenvalue weighted by molar-refractivity contribution is 0.0282. The average Bonchev–Trinajstić information content (AvgIpc) is 2.87. The molecule has 2 rings (SSSR count). The summed E-state index contributed by atoms with van der Waals surface area (Å²) < 4.78 is 5.42. The minimum Gasteiger partial charge on any atom is -0.444 e. The highest BCUT2D eigenvalue weighted by Crippen LogP contribution is 2.19. The number of carbonyl (C=O) groups is 1. The Bertz CT molecular complexity index is 470. The summed E-state index contributed by atoms with van der Waals surface area (Å²) in [6.07, 6.45) is 2.57. The molecule has 0 bridgehead atoms. The minimum absolute atomic E-state index is 0.212. The van der Waals surface area contributed by atoms with E-state index >= 15 is 0 Å². The summed E-state index contributed by atoms with van der Waals surface area (Å²) in [5, 5.41) is 0. The number of amides is 1. The average molecular weight is 291 g/mol. The van der Waals surface area contributed by atoms with Crippen LogP contribution in [0.1, 0.15) is 32.9 Å². The molecule has 5 heteroatoms. The molecule has 0 spiro atoms. The molecule has 0 aliphatic carbocycles. The van der Waals surface area contributed by atoms with Gasteiger partial charge in [0.05, 0.1) is 5.69 Å². The van der Waals surface area contributed by atoms with Gasteiger partial charge in [0.2, 0.25) is 0 Å². The molecule has 5 nitrogen and oxygen atoms in total. The lowest BCUT2D eigenvalue weighted by Crippen LogP contribution is -2.38. The van der Waals surface area contributed by atoms with Gasteiger partial charge in [-0.05, 0) is 46.4 Å². The van der Waals surface area contributed by atoms with Gasteiger partial charge >= 0.3 is 6.09 Å². The van der Waals surface area contributed by atoms with Gasteiger partial charge in [-0.25, -0.2) is 4.79 Å². The maximum absolute atomic E-state index is 12.1. The minimum atomic E-state index is -0.435. The lowest BCUT2D eigenvalue weighted by atomic mass is 10.2. The Hall–Kier alpha value is -1.62. The predicted molar refractivity (Wildman–Crippen MR) is 81.9 cm³/mol. The number of likely N-dealkylation sites (tertiary alicyclic amines) is 1. The summed E-state index contributed by atoms with van der Waals surface area (Å²) in [5.41, 5.74) is 0.616. The van der Waals surface area contributed by atoms with Crippen molar-refractivity contribution in [3.8, 4) is 0 Å². The Kier molecular flexibility index (Phi) is 4.83. The summed E-state index contributed by atoms with van der Waals surface area (Å²) in [7, 11) is 2.08. The Morgan fingerprint density at radius 1 is 1.48 bits per heavy atom. The molecular weight excluding hydrogens is 266 g/mol. The van der Waals surface area contributed by atoms with Crippen LogP contribution in [0.3, 0.4) is 0 Å². The third-order valence-corrected chi connectivity index (χ3v) is 3.58. The van der Waals surface area contributed by atoms with Crippen LogP contribution in [0.5, 0.6) is 0 Å². The molecular formula is C16H25N3O2. The van der Waals surface area contributed by atoms with Crippen molar-refractivity contribution in [2.24, 2.45) is 0 Å². The maximum Gasteiger partial charge on any atom is 0.410 e. The van der Waals surface area contributed by atoms with Crippen LogP contribution in [0, 0.1) is 0 Å². The van der Waals surface area contributed by atoms with E-state index in [1.165, 1.54) is 0 Å². The lowest BCUT2D eigenvalue weighted by Gasteiger charge is -2.26.